The van der Waals surface area contributed by atoms with Gasteiger partial charge < -0.3 is 4.98 Å². The van der Waals surface area contributed by atoms with Crippen molar-refractivity contribution in [1.82, 2.24) is 14.5 Å². The van der Waals surface area contributed by atoms with E-state index in [0.717, 1.165) is 43.4 Å². The van der Waals surface area contributed by atoms with E-state index in [1.54, 1.807) is 0 Å². The lowest BCUT2D eigenvalue weighted by molar-refractivity contribution is 0.137. The molecule has 4 nitrogen and oxygen atoms in total. The van der Waals surface area contributed by atoms with E-state index >= 15 is 0 Å². The monoisotopic (exact) mass is 369 g/mol. The molecule has 1 N–H and O–H groups in total. The van der Waals surface area contributed by atoms with E-state index in [1.807, 2.05) is 28.8 Å². The van der Waals surface area contributed by atoms with Gasteiger partial charge in [0.2, 0.25) is 0 Å². The second-order valence-corrected chi connectivity index (χ2v) is 8.17. The van der Waals surface area contributed by atoms with Gasteiger partial charge >= 0.3 is 5.69 Å². The molecule has 1 saturated heterocycles. The third-order valence-electron chi connectivity index (χ3n) is 6.72. The lowest BCUT2D eigenvalue weighted by atomic mass is 9.99. The Bertz CT molecular complexity index is 1240. The predicted octanol–water partition coefficient (Wildman–Crippen LogP) is 4.42. The molecule has 0 saturated carbocycles. The summed E-state index contributed by atoms with van der Waals surface area (Å²) in [5.41, 5.74) is 4.96. The van der Waals surface area contributed by atoms with Crippen molar-refractivity contribution < 1.29 is 0 Å². The standard InChI is InChI=1S/C24H23N3O/c28-24-25-20-9-1-2-10-21(20)27(24)18-11-13-26(14-12-18)22-15-17-7-3-5-16-6-4-8-19(22)23(16)17/h1-10,18,22H,11-15H2,(H,25,28)/t22-/m1/s1. The van der Waals surface area contributed by atoms with E-state index < -0.39 is 0 Å². The number of imidazole rings is 1. The molecule has 0 amide bonds. The maximum Gasteiger partial charge on any atom is 0.326 e. The van der Waals surface area contributed by atoms with Crippen LogP contribution in [0.1, 0.15) is 36.1 Å². The summed E-state index contributed by atoms with van der Waals surface area (Å²) in [6.07, 6.45) is 3.14. The first kappa shape index (κ1) is 16.1. The van der Waals surface area contributed by atoms with Gasteiger partial charge in [0.15, 0.2) is 0 Å². The van der Waals surface area contributed by atoms with Crippen LogP contribution in [0.4, 0.5) is 0 Å². The van der Waals surface area contributed by atoms with Crippen molar-refractivity contribution in [3.05, 3.63) is 82.3 Å². The molecule has 1 fully saturated rings. The number of fused-ring (bicyclic) bond motifs is 1. The normalized spacial score (nSPS) is 20.4. The van der Waals surface area contributed by atoms with Gasteiger partial charge in [0.25, 0.3) is 0 Å². The van der Waals surface area contributed by atoms with Gasteiger partial charge in [-0.3, -0.25) is 9.47 Å². The fraction of sp³-hybridized carbons (Fsp3) is 0.292. The van der Waals surface area contributed by atoms with Gasteiger partial charge in [0, 0.05) is 25.2 Å². The molecule has 4 heteroatoms. The summed E-state index contributed by atoms with van der Waals surface area (Å²) in [5.74, 6) is 0. The molecule has 140 valence electrons. The summed E-state index contributed by atoms with van der Waals surface area (Å²) in [5, 5.41) is 2.82. The van der Waals surface area contributed by atoms with Gasteiger partial charge in [0.1, 0.15) is 0 Å². The Labute approximate surface area is 163 Å². The quantitative estimate of drug-likeness (QED) is 0.568. The lowest BCUT2D eigenvalue weighted by Gasteiger charge is -2.36. The third kappa shape index (κ3) is 2.31. The number of aromatic nitrogens is 2. The first-order chi connectivity index (χ1) is 13.8. The highest BCUT2D eigenvalue weighted by Gasteiger charge is 2.32. The number of rotatable bonds is 2. The van der Waals surface area contributed by atoms with Crippen molar-refractivity contribution in [2.45, 2.75) is 31.3 Å². The van der Waals surface area contributed by atoms with Crippen molar-refractivity contribution >= 4 is 21.8 Å². The third-order valence-corrected chi connectivity index (χ3v) is 6.72. The summed E-state index contributed by atoms with van der Waals surface area (Å²) in [4.78, 5) is 18.2. The molecular formula is C24H23N3O. The summed E-state index contributed by atoms with van der Waals surface area (Å²) in [6.45, 7) is 2.07. The van der Waals surface area contributed by atoms with Crippen LogP contribution in [-0.4, -0.2) is 27.5 Å². The number of para-hydroxylation sites is 2. The Balaban J connectivity index is 1.27. The molecule has 0 unspecified atom stereocenters. The molecule has 1 aliphatic carbocycles. The van der Waals surface area contributed by atoms with E-state index in [-0.39, 0.29) is 11.7 Å². The number of aromatic amines is 1. The number of hydrogen-bond donors (Lipinski definition) is 1. The molecule has 3 aromatic carbocycles. The summed E-state index contributed by atoms with van der Waals surface area (Å²) in [6, 6.07) is 22.2. The van der Waals surface area contributed by atoms with Gasteiger partial charge in [-0.1, -0.05) is 48.5 Å². The van der Waals surface area contributed by atoms with Crippen LogP contribution in [-0.2, 0) is 6.42 Å². The van der Waals surface area contributed by atoms with Crippen molar-refractivity contribution in [3.63, 3.8) is 0 Å². The van der Waals surface area contributed by atoms with Gasteiger partial charge in [-0.2, -0.15) is 0 Å². The maximum atomic E-state index is 12.5. The summed E-state index contributed by atoms with van der Waals surface area (Å²) < 4.78 is 1.98. The Kier molecular flexibility index (Phi) is 3.50. The molecule has 2 heterocycles. The highest BCUT2D eigenvalue weighted by molar-refractivity contribution is 5.91. The first-order valence-electron chi connectivity index (χ1n) is 10.2. The van der Waals surface area contributed by atoms with Crippen LogP contribution in [0.15, 0.2) is 65.5 Å². The number of benzene rings is 3. The van der Waals surface area contributed by atoms with Crippen LogP contribution < -0.4 is 5.69 Å². The van der Waals surface area contributed by atoms with E-state index in [1.165, 1.54) is 21.9 Å². The Morgan fingerprint density at radius 1 is 0.893 bits per heavy atom. The van der Waals surface area contributed by atoms with E-state index in [0.29, 0.717) is 6.04 Å². The number of nitrogens with one attached hydrogen (secondary N) is 1. The minimum Gasteiger partial charge on any atom is -0.306 e. The fourth-order valence-electron chi connectivity index (χ4n) is 5.43. The molecule has 0 spiro atoms. The minimum atomic E-state index is 0.0256. The van der Waals surface area contributed by atoms with Gasteiger partial charge in [-0.05, 0) is 53.3 Å². The molecule has 4 aromatic rings. The molecule has 1 aromatic heterocycles. The minimum absolute atomic E-state index is 0.0256. The molecule has 28 heavy (non-hydrogen) atoms. The average molecular weight is 369 g/mol. The molecule has 1 aliphatic heterocycles. The SMILES string of the molecule is O=c1[nH]c2ccccc2n1C1CCN([C@@H]2Cc3cccc4cccc2c34)CC1. The average Bonchev–Trinajstić information content (AvgIpc) is 3.27. The predicted molar refractivity (Wildman–Crippen MR) is 113 cm³/mol. The molecule has 1 atom stereocenters. The number of likely N-dealkylation sites (tertiary alicyclic amines) is 1. The number of nitrogens with zero attached hydrogens (tertiary/aromatic N) is 2. The van der Waals surface area contributed by atoms with Gasteiger partial charge in [-0.25, -0.2) is 4.79 Å². The Hall–Kier alpha value is -2.85. The fourth-order valence-corrected chi connectivity index (χ4v) is 5.43. The van der Waals surface area contributed by atoms with Crippen LogP contribution in [0.2, 0.25) is 0 Å². The summed E-state index contributed by atoms with van der Waals surface area (Å²) >= 11 is 0. The zero-order valence-electron chi connectivity index (χ0n) is 15.8. The van der Waals surface area contributed by atoms with Gasteiger partial charge in [0.05, 0.1) is 11.0 Å². The summed E-state index contributed by atoms with van der Waals surface area (Å²) in [7, 11) is 0. The second kappa shape index (κ2) is 6.08. The largest absolute Gasteiger partial charge is 0.326 e. The zero-order valence-corrected chi connectivity index (χ0v) is 15.8. The first-order valence-corrected chi connectivity index (χ1v) is 10.2. The van der Waals surface area contributed by atoms with E-state index in [4.69, 9.17) is 0 Å². The van der Waals surface area contributed by atoms with Crippen molar-refractivity contribution in [2.75, 3.05) is 13.1 Å². The van der Waals surface area contributed by atoms with Crippen LogP contribution in [0, 0.1) is 0 Å². The van der Waals surface area contributed by atoms with Crippen LogP contribution in [0.25, 0.3) is 21.8 Å². The molecule has 2 aliphatic rings. The van der Waals surface area contributed by atoms with E-state index in [2.05, 4.69) is 46.3 Å². The Morgan fingerprint density at radius 2 is 1.68 bits per heavy atom. The topological polar surface area (TPSA) is 41.0 Å². The number of hydrogen-bond acceptors (Lipinski definition) is 2. The van der Waals surface area contributed by atoms with Crippen molar-refractivity contribution in [1.29, 1.82) is 0 Å². The lowest BCUT2D eigenvalue weighted by Crippen LogP contribution is -2.39. The maximum absolute atomic E-state index is 12.5. The number of H-pyrrole nitrogens is 1. The van der Waals surface area contributed by atoms with Crippen LogP contribution >= 0.6 is 0 Å². The van der Waals surface area contributed by atoms with Gasteiger partial charge in [-0.15, -0.1) is 0 Å². The molecule has 0 radical (unpaired) electrons. The Morgan fingerprint density at radius 3 is 2.54 bits per heavy atom. The molecular weight excluding hydrogens is 346 g/mol. The highest BCUT2D eigenvalue weighted by Crippen LogP contribution is 2.41. The van der Waals surface area contributed by atoms with Crippen LogP contribution in [0.5, 0.6) is 0 Å². The van der Waals surface area contributed by atoms with Crippen LogP contribution in [0.3, 0.4) is 0 Å². The highest BCUT2D eigenvalue weighted by atomic mass is 16.1. The molecule has 6 rings (SSSR count). The second-order valence-electron chi connectivity index (χ2n) is 8.17. The van der Waals surface area contributed by atoms with Crippen molar-refractivity contribution in [3.8, 4) is 0 Å². The smallest absolute Gasteiger partial charge is 0.306 e. The number of piperidine rings is 1. The van der Waals surface area contributed by atoms with Crippen molar-refractivity contribution in [2.24, 2.45) is 0 Å². The van der Waals surface area contributed by atoms with E-state index in [9.17, 15) is 4.79 Å². The zero-order chi connectivity index (χ0) is 18.7. The molecule has 0 bridgehead atoms.